The Morgan fingerprint density at radius 1 is 1.28 bits per heavy atom. The molecule has 1 aromatic rings. The van der Waals surface area contributed by atoms with E-state index in [0.29, 0.717) is 0 Å². The molecule has 0 aromatic heterocycles. The van der Waals surface area contributed by atoms with Crippen LogP contribution in [0.15, 0.2) is 29.2 Å². The minimum atomic E-state index is -4.02. The van der Waals surface area contributed by atoms with Crippen molar-refractivity contribution in [2.75, 3.05) is 5.34 Å². The Labute approximate surface area is 128 Å². The van der Waals surface area contributed by atoms with E-state index in [-0.39, 0.29) is 27.3 Å². The summed E-state index contributed by atoms with van der Waals surface area (Å²) in [5.41, 5.74) is 0.956. The Morgan fingerprint density at radius 2 is 1.56 bits per heavy atom. The smallest absolute Gasteiger partial charge is 0.282 e. The molecule has 0 radical (unpaired) electrons. The van der Waals surface area contributed by atoms with Gasteiger partial charge in [0.2, 0.25) is 0 Å². The molecular weight excluding hydrogens is 341 g/mol. The average Bonchev–Trinajstić information content (AvgIpc) is 2.19. The van der Waals surface area contributed by atoms with Crippen molar-refractivity contribution in [1.29, 1.82) is 5.26 Å². The summed E-state index contributed by atoms with van der Waals surface area (Å²) in [4.78, 5) is -0.0666. The van der Waals surface area contributed by atoms with E-state index in [1.165, 1.54) is 19.1 Å². The van der Waals surface area contributed by atoms with Crippen LogP contribution in [-0.4, -0.2) is 18.3 Å². The van der Waals surface area contributed by atoms with Gasteiger partial charge in [0.25, 0.3) is 10.1 Å². The predicted molar refractivity (Wildman–Crippen MR) is 68.9 cm³/mol. The van der Waals surface area contributed by atoms with Gasteiger partial charge in [-0.1, -0.05) is 17.7 Å². The number of hydrogen-bond donors (Lipinski definition) is 1. The zero-order valence-corrected chi connectivity index (χ0v) is 13.2. The van der Waals surface area contributed by atoms with E-state index in [1.54, 1.807) is 18.2 Å². The van der Waals surface area contributed by atoms with E-state index in [0.717, 1.165) is 5.56 Å². The van der Waals surface area contributed by atoms with Crippen molar-refractivity contribution in [3.63, 3.8) is 0 Å². The van der Waals surface area contributed by atoms with Crippen molar-refractivity contribution in [2.24, 2.45) is 0 Å². The van der Waals surface area contributed by atoms with Gasteiger partial charge in [0.05, 0.1) is 16.3 Å². The maximum absolute atomic E-state index is 10.5. The molecule has 0 amide bonds. The molecule has 0 aliphatic rings. The number of rotatable bonds is 1. The number of halogens is 2. The van der Waals surface area contributed by atoms with Crippen LogP contribution in [0.2, 0.25) is 0 Å². The molecule has 0 fully saturated rings. The minimum Gasteiger partial charge on any atom is -0.282 e. The van der Waals surface area contributed by atoms with Crippen LogP contribution in [0.25, 0.3) is 0 Å². The Balaban J connectivity index is -0.000000276. The number of alkyl halides is 2. The van der Waals surface area contributed by atoms with E-state index < -0.39 is 10.1 Å². The minimum absolute atomic E-state index is 0. The fourth-order valence-electron chi connectivity index (χ4n) is 0.710. The number of nitrogens with zero attached hydrogens (tertiary/aromatic N) is 1. The summed E-state index contributed by atoms with van der Waals surface area (Å²) in [6, 6.07) is 7.74. The van der Waals surface area contributed by atoms with Crippen molar-refractivity contribution >= 4 is 33.3 Å². The van der Waals surface area contributed by atoms with Crippen LogP contribution in [0.4, 0.5) is 0 Å². The third kappa shape index (κ3) is 13.8. The van der Waals surface area contributed by atoms with Crippen LogP contribution in [-0.2, 0) is 27.2 Å². The Hall–Kier alpha value is -0.281. The van der Waals surface area contributed by atoms with Gasteiger partial charge in [0.15, 0.2) is 0 Å². The molecule has 4 nitrogen and oxygen atoms in total. The molecule has 1 aromatic carbocycles. The predicted octanol–water partition coefficient (Wildman–Crippen LogP) is 3.19. The van der Waals surface area contributed by atoms with Crippen molar-refractivity contribution in [3.05, 3.63) is 29.8 Å². The van der Waals surface area contributed by atoms with Gasteiger partial charge in [-0.05, 0) is 19.1 Å². The quantitative estimate of drug-likeness (QED) is 0.477. The van der Waals surface area contributed by atoms with Crippen molar-refractivity contribution in [2.45, 2.75) is 18.7 Å². The summed E-state index contributed by atoms with van der Waals surface area (Å²) in [6.45, 7) is 3.27. The molecule has 0 bridgehead atoms. The van der Waals surface area contributed by atoms with Gasteiger partial charge in [-0.25, -0.2) is 0 Å². The molecule has 0 unspecified atom stereocenters. The van der Waals surface area contributed by atoms with Crippen LogP contribution in [0.5, 0.6) is 0 Å². The molecule has 8 heteroatoms. The van der Waals surface area contributed by atoms with Gasteiger partial charge >= 0.3 is 0 Å². The monoisotopic (exact) mass is 353 g/mol. The molecule has 0 aliphatic carbocycles. The molecule has 0 saturated heterocycles. The topological polar surface area (TPSA) is 78.2 Å². The van der Waals surface area contributed by atoms with Crippen LogP contribution >= 0.6 is 23.2 Å². The zero-order valence-electron chi connectivity index (χ0n) is 9.75. The number of nitriles is 1. The number of hydrogen-bond acceptors (Lipinski definition) is 3. The second kappa shape index (κ2) is 13.2. The van der Waals surface area contributed by atoms with Crippen molar-refractivity contribution < 1.29 is 30.0 Å². The van der Waals surface area contributed by atoms with Gasteiger partial charge < -0.3 is 0 Å². The second-order valence-electron chi connectivity index (χ2n) is 2.61. The first kappa shape index (κ1) is 22.9. The first-order valence-corrected chi connectivity index (χ1v) is 6.81. The third-order valence-electron chi connectivity index (χ3n) is 1.32. The molecule has 0 saturated carbocycles. The molecule has 0 aliphatic heterocycles. The fraction of sp³-hybridized carbons (Fsp3) is 0.300. The van der Waals surface area contributed by atoms with Crippen molar-refractivity contribution in [1.82, 2.24) is 0 Å². The van der Waals surface area contributed by atoms with E-state index in [9.17, 15) is 8.42 Å². The Kier molecular flexibility index (Phi) is 16.7. The van der Waals surface area contributed by atoms with Gasteiger partial charge in [0, 0.05) is 24.0 Å². The van der Waals surface area contributed by atoms with E-state index in [4.69, 9.17) is 33.0 Å². The number of aryl methyl sites for hydroxylation is 1. The zero-order chi connectivity index (χ0) is 13.9. The molecule has 0 heterocycles. The standard InChI is InChI=1S/C7H8O3S.C2H3N.CH2Cl2.Fe/c1-6-2-4-7(5-3-6)11(8,9)10;1-2-3;2-1-3;/h2-5H,1H3,(H,8,9,10);1H3;1H2;. The summed E-state index contributed by atoms with van der Waals surface area (Å²) in [7, 11) is -4.02. The van der Waals surface area contributed by atoms with E-state index in [2.05, 4.69) is 0 Å². The van der Waals surface area contributed by atoms with Gasteiger partial charge in [-0.3, -0.25) is 4.55 Å². The first-order valence-electron chi connectivity index (χ1n) is 4.30. The van der Waals surface area contributed by atoms with Crippen LogP contribution in [0.3, 0.4) is 0 Å². The maximum atomic E-state index is 10.5. The van der Waals surface area contributed by atoms with Gasteiger partial charge in [-0.2, -0.15) is 13.7 Å². The van der Waals surface area contributed by atoms with Crippen LogP contribution in [0, 0.1) is 18.3 Å². The Morgan fingerprint density at radius 3 is 1.78 bits per heavy atom. The third-order valence-corrected chi connectivity index (χ3v) is 2.19. The summed E-state index contributed by atoms with van der Waals surface area (Å²) >= 11 is 9.53. The largest absolute Gasteiger partial charge is 0.294 e. The summed E-state index contributed by atoms with van der Waals surface area (Å²) in [6.07, 6.45) is 0. The molecule has 1 N–H and O–H groups in total. The van der Waals surface area contributed by atoms with E-state index >= 15 is 0 Å². The molecular formula is C10H13Cl2FeNO3S. The number of benzene rings is 1. The van der Waals surface area contributed by atoms with Gasteiger partial charge in [-0.15, -0.1) is 23.2 Å². The maximum Gasteiger partial charge on any atom is 0.294 e. The van der Waals surface area contributed by atoms with Crippen LogP contribution in [0.1, 0.15) is 12.5 Å². The average molecular weight is 354 g/mol. The van der Waals surface area contributed by atoms with Crippen molar-refractivity contribution in [3.8, 4) is 6.07 Å². The molecule has 1 rings (SSSR count). The van der Waals surface area contributed by atoms with Gasteiger partial charge in [0.1, 0.15) is 0 Å². The van der Waals surface area contributed by atoms with E-state index in [1.807, 2.05) is 6.92 Å². The summed E-state index contributed by atoms with van der Waals surface area (Å²) in [5.74, 6) is 0. The summed E-state index contributed by atoms with van der Waals surface area (Å²) < 4.78 is 29.6. The first-order chi connectivity index (χ1) is 7.83. The SMILES string of the molecule is CC#N.Cc1ccc(S(=O)(=O)O)cc1.ClCCl.[Fe]. The van der Waals surface area contributed by atoms with Crippen LogP contribution < -0.4 is 0 Å². The molecule has 0 atom stereocenters. The fourth-order valence-corrected chi connectivity index (χ4v) is 1.19. The molecule has 0 spiro atoms. The second-order valence-corrected chi connectivity index (χ2v) is 4.84. The molecule has 18 heavy (non-hydrogen) atoms. The Bertz CT molecular complexity index is 443. The summed E-state index contributed by atoms with van der Waals surface area (Å²) in [5, 5.41) is 7.51. The normalized spacial score (nSPS) is 8.44. The molecule has 104 valence electrons.